The molecule has 1 N–H and O–H groups in total. The van der Waals surface area contributed by atoms with Gasteiger partial charge in [0.05, 0.1) is 0 Å². The Balaban J connectivity index is 1.98. The maximum atomic E-state index is 3.70. The Kier molecular flexibility index (Phi) is 1.91. The summed E-state index contributed by atoms with van der Waals surface area (Å²) in [7, 11) is 0. The molecule has 2 aliphatic rings. The SMILES string of the molecule is c1cc2c3c(csc3c1)C[C@H]1NCCC[C@H]21. The average molecular weight is 229 g/mol. The lowest BCUT2D eigenvalue weighted by molar-refractivity contribution is 0.345. The molecule has 2 atom stereocenters. The van der Waals surface area contributed by atoms with Crippen molar-refractivity contribution in [3.05, 3.63) is 34.7 Å². The molecule has 0 amide bonds. The summed E-state index contributed by atoms with van der Waals surface area (Å²) in [5.41, 5.74) is 3.18. The van der Waals surface area contributed by atoms with E-state index in [-0.39, 0.29) is 0 Å². The van der Waals surface area contributed by atoms with Gasteiger partial charge in [-0.3, -0.25) is 0 Å². The van der Waals surface area contributed by atoms with Crippen molar-refractivity contribution in [3.8, 4) is 0 Å². The molecule has 0 saturated carbocycles. The van der Waals surface area contributed by atoms with Gasteiger partial charge in [0.1, 0.15) is 0 Å². The number of piperidine rings is 1. The molecule has 1 aliphatic carbocycles. The molecule has 0 radical (unpaired) electrons. The highest BCUT2D eigenvalue weighted by atomic mass is 32.1. The van der Waals surface area contributed by atoms with Gasteiger partial charge in [0, 0.05) is 16.7 Å². The second-order valence-electron chi connectivity index (χ2n) is 4.99. The first-order chi connectivity index (χ1) is 7.93. The molecule has 1 fully saturated rings. The molecule has 1 aromatic heterocycles. The highest BCUT2D eigenvalue weighted by Crippen LogP contribution is 2.42. The number of hydrogen-bond donors (Lipinski definition) is 1. The second kappa shape index (κ2) is 3.31. The number of rotatable bonds is 0. The summed E-state index contributed by atoms with van der Waals surface area (Å²) in [6.07, 6.45) is 3.94. The number of hydrogen-bond acceptors (Lipinski definition) is 2. The van der Waals surface area contributed by atoms with Crippen molar-refractivity contribution in [2.24, 2.45) is 0 Å². The molecule has 0 unspecified atom stereocenters. The van der Waals surface area contributed by atoms with Crippen LogP contribution in [-0.4, -0.2) is 12.6 Å². The van der Waals surface area contributed by atoms with Crippen LogP contribution in [-0.2, 0) is 6.42 Å². The largest absolute Gasteiger partial charge is 0.313 e. The smallest absolute Gasteiger partial charge is 0.0348 e. The zero-order chi connectivity index (χ0) is 10.5. The monoisotopic (exact) mass is 229 g/mol. The van der Waals surface area contributed by atoms with Gasteiger partial charge in [-0.2, -0.15) is 0 Å². The molecule has 2 aromatic rings. The minimum atomic E-state index is 0.696. The standard InChI is InChI=1S/C14H15NS/c1-3-11-10-4-2-6-15-12(10)7-9-8-16-13(5-1)14(9)11/h1,3,5,8,10,12,15H,2,4,6-7H2/t10-,12-/m1/s1. The van der Waals surface area contributed by atoms with E-state index in [2.05, 4.69) is 28.9 Å². The topological polar surface area (TPSA) is 12.0 Å². The fourth-order valence-electron chi connectivity index (χ4n) is 3.42. The van der Waals surface area contributed by atoms with E-state index in [1.54, 1.807) is 16.5 Å². The number of thiophene rings is 1. The van der Waals surface area contributed by atoms with Crippen LogP contribution in [0.3, 0.4) is 0 Å². The van der Waals surface area contributed by atoms with Crippen molar-refractivity contribution in [3.63, 3.8) is 0 Å². The van der Waals surface area contributed by atoms with Crippen molar-refractivity contribution >= 4 is 21.4 Å². The third kappa shape index (κ3) is 1.14. The maximum absolute atomic E-state index is 3.70. The molecule has 2 heterocycles. The van der Waals surface area contributed by atoms with Gasteiger partial charge in [0.25, 0.3) is 0 Å². The van der Waals surface area contributed by atoms with E-state index >= 15 is 0 Å². The van der Waals surface area contributed by atoms with Crippen molar-refractivity contribution in [1.29, 1.82) is 0 Å². The minimum absolute atomic E-state index is 0.696. The molecule has 0 bridgehead atoms. The fourth-order valence-corrected chi connectivity index (χ4v) is 4.43. The van der Waals surface area contributed by atoms with Crippen LogP contribution >= 0.6 is 11.3 Å². The van der Waals surface area contributed by atoms with E-state index in [0.717, 1.165) is 5.92 Å². The summed E-state index contributed by atoms with van der Waals surface area (Å²) in [6.45, 7) is 1.20. The Morgan fingerprint density at radius 3 is 3.31 bits per heavy atom. The second-order valence-corrected chi connectivity index (χ2v) is 5.91. The molecule has 1 saturated heterocycles. The molecule has 1 nitrogen and oxygen atoms in total. The summed E-state index contributed by atoms with van der Waals surface area (Å²) in [5, 5.41) is 7.64. The summed E-state index contributed by atoms with van der Waals surface area (Å²) in [4.78, 5) is 0. The molecule has 2 heteroatoms. The fraction of sp³-hybridized carbons (Fsp3) is 0.429. The number of benzene rings is 1. The van der Waals surface area contributed by atoms with E-state index in [1.807, 2.05) is 11.3 Å². The predicted octanol–water partition coefficient (Wildman–Crippen LogP) is 3.29. The van der Waals surface area contributed by atoms with Crippen molar-refractivity contribution < 1.29 is 0 Å². The van der Waals surface area contributed by atoms with Crippen LogP contribution in [0.4, 0.5) is 0 Å². The van der Waals surface area contributed by atoms with E-state index in [1.165, 1.54) is 30.5 Å². The van der Waals surface area contributed by atoms with E-state index in [9.17, 15) is 0 Å². The van der Waals surface area contributed by atoms with Crippen molar-refractivity contribution in [2.45, 2.75) is 31.2 Å². The first kappa shape index (κ1) is 9.20. The highest BCUT2D eigenvalue weighted by Gasteiger charge is 2.32. The molecule has 4 rings (SSSR count). The van der Waals surface area contributed by atoms with Crippen LogP contribution in [0.15, 0.2) is 23.6 Å². The normalized spacial score (nSPS) is 28.0. The van der Waals surface area contributed by atoms with Gasteiger partial charge >= 0.3 is 0 Å². The van der Waals surface area contributed by atoms with Crippen LogP contribution in [0, 0.1) is 0 Å². The highest BCUT2D eigenvalue weighted by molar-refractivity contribution is 7.17. The molecule has 16 heavy (non-hydrogen) atoms. The third-order valence-corrected chi connectivity index (χ3v) is 5.13. The minimum Gasteiger partial charge on any atom is -0.313 e. The van der Waals surface area contributed by atoms with Gasteiger partial charge in [0.2, 0.25) is 0 Å². The van der Waals surface area contributed by atoms with E-state index in [0.29, 0.717) is 6.04 Å². The van der Waals surface area contributed by atoms with Gasteiger partial charge < -0.3 is 5.32 Å². The Bertz CT molecular complexity index is 543. The predicted molar refractivity (Wildman–Crippen MR) is 69.3 cm³/mol. The Morgan fingerprint density at radius 1 is 1.31 bits per heavy atom. The van der Waals surface area contributed by atoms with Crippen LogP contribution in [0.1, 0.15) is 29.9 Å². The Labute approximate surface area is 99.5 Å². The zero-order valence-corrected chi connectivity index (χ0v) is 10.0. The number of nitrogens with one attached hydrogen (secondary N) is 1. The molecule has 82 valence electrons. The summed E-state index contributed by atoms with van der Waals surface area (Å²) in [5.74, 6) is 0.763. The van der Waals surface area contributed by atoms with E-state index in [4.69, 9.17) is 0 Å². The summed E-state index contributed by atoms with van der Waals surface area (Å²) in [6, 6.07) is 7.54. The van der Waals surface area contributed by atoms with Gasteiger partial charge in [-0.15, -0.1) is 11.3 Å². The maximum Gasteiger partial charge on any atom is 0.0348 e. The van der Waals surface area contributed by atoms with Gasteiger partial charge in [0.15, 0.2) is 0 Å². The average Bonchev–Trinajstić information content (AvgIpc) is 2.75. The third-order valence-electron chi connectivity index (χ3n) is 4.13. The van der Waals surface area contributed by atoms with Crippen LogP contribution in [0.2, 0.25) is 0 Å². The van der Waals surface area contributed by atoms with Crippen LogP contribution in [0.5, 0.6) is 0 Å². The summed E-state index contributed by atoms with van der Waals surface area (Å²) >= 11 is 1.91. The van der Waals surface area contributed by atoms with Gasteiger partial charge in [-0.25, -0.2) is 0 Å². The van der Waals surface area contributed by atoms with Crippen molar-refractivity contribution in [2.75, 3.05) is 6.54 Å². The zero-order valence-electron chi connectivity index (χ0n) is 9.20. The molecule has 1 aliphatic heterocycles. The first-order valence-electron chi connectivity index (χ1n) is 6.16. The Morgan fingerprint density at radius 2 is 2.31 bits per heavy atom. The quantitative estimate of drug-likeness (QED) is 0.731. The molecular formula is C14H15NS. The lowest BCUT2D eigenvalue weighted by atomic mass is 9.76. The molecular weight excluding hydrogens is 214 g/mol. The van der Waals surface area contributed by atoms with E-state index < -0.39 is 0 Å². The lowest BCUT2D eigenvalue weighted by Gasteiger charge is -2.36. The van der Waals surface area contributed by atoms with Gasteiger partial charge in [-0.05, 0) is 53.8 Å². The summed E-state index contributed by atoms with van der Waals surface area (Å²) < 4.78 is 1.48. The number of fused-ring (bicyclic) bond motifs is 2. The molecule has 1 aromatic carbocycles. The lowest BCUT2D eigenvalue weighted by Crippen LogP contribution is -2.43. The van der Waals surface area contributed by atoms with Crippen molar-refractivity contribution in [1.82, 2.24) is 5.32 Å². The van der Waals surface area contributed by atoms with Gasteiger partial charge in [-0.1, -0.05) is 12.1 Å². The van der Waals surface area contributed by atoms with Crippen LogP contribution < -0.4 is 5.32 Å². The first-order valence-corrected chi connectivity index (χ1v) is 7.04. The molecule has 0 spiro atoms. The van der Waals surface area contributed by atoms with Crippen LogP contribution in [0.25, 0.3) is 10.1 Å². The Hall–Kier alpha value is -0.860.